The lowest BCUT2D eigenvalue weighted by Crippen LogP contribution is -2.45. The van der Waals surface area contributed by atoms with Crippen LogP contribution in [0.4, 0.5) is 0 Å². The molecular formula is C15H20ClNO. The van der Waals surface area contributed by atoms with Gasteiger partial charge in [0.2, 0.25) is 0 Å². The van der Waals surface area contributed by atoms with Crippen LogP contribution in [0.1, 0.15) is 43.0 Å². The molecule has 2 nitrogen and oxygen atoms in total. The van der Waals surface area contributed by atoms with Gasteiger partial charge in [0.25, 0.3) is 0 Å². The van der Waals surface area contributed by atoms with Crippen molar-refractivity contribution >= 4 is 17.4 Å². The number of hydrogen-bond acceptors (Lipinski definition) is 2. The molecule has 98 valence electrons. The summed E-state index contributed by atoms with van der Waals surface area (Å²) < 4.78 is 0. The maximum absolute atomic E-state index is 12.8. The molecule has 1 fully saturated rings. The molecule has 1 saturated heterocycles. The van der Waals surface area contributed by atoms with Crippen LogP contribution in [0.5, 0.6) is 0 Å². The molecule has 1 unspecified atom stereocenters. The number of ketones is 1. The first-order valence-electron chi connectivity index (χ1n) is 6.70. The molecule has 0 bridgehead atoms. The molecule has 3 heteroatoms. The molecular weight excluding hydrogens is 246 g/mol. The highest BCUT2D eigenvalue weighted by Gasteiger charge is 2.39. The highest BCUT2D eigenvalue weighted by Crippen LogP contribution is 2.36. The lowest BCUT2D eigenvalue weighted by atomic mass is 9.71. The number of benzene rings is 1. The number of piperidine rings is 1. The number of nitrogens with one attached hydrogen (secondary N) is 1. The molecule has 2 rings (SSSR count). The highest BCUT2D eigenvalue weighted by molar-refractivity contribution is 6.34. The molecule has 1 aliphatic heterocycles. The Morgan fingerprint density at radius 3 is 2.83 bits per heavy atom. The SMILES string of the molecule is CCCC1(C(=O)c2ccccc2Cl)CCCNC1. The van der Waals surface area contributed by atoms with Gasteiger partial charge in [0, 0.05) is 17.5 Å². The lowest BCUT2D eigenvalue weighted by molar-refractivity contribution is 0.0718. The minimum atomic E-state index is -0.252. The summed E-state index contributed by atoms with van der Waals surface area (Å²) in [5, 5.41) is 3.94. The normalized spacial score (nSPS) is 23.9. The average Bonchev–Trinajstić information content (AvgIpc) is 2.40. The van der Waals surface area contributed by atoms with Gasteiger partial charge in [0.15, 0.2) is 5.78 Å². The van der Waals surface area contributed by atoms with Gasteiger partial charge >= 0.3 is 0 Å². The molecule has 1 atom stereocenters. The van der Waals surface area contributed by atoms with Crippen molar-refractivity contribution in [2.24, 2.45) is 5.41 Å². The van der Waals surface area contributed by atoms with Crippen LogP contribution in [0.3, 0.4) is 0 Å². The molecule has 1 heterocycles. The van der Waals surface area contributed by atoms with Gasteiger partial charge < -0.3 is 5.32 Å². The Morgan fingerprint density at radius 2 is 2.22 bits per heavy atom. The van der Waals surface area contributed by atoms with Crippen molar-refractivity contribution in [1.29, 1.82) is 0 Å². The summed E-state index contributed by atoms with van der Waals surface area (Å²) in [6, 6.07) is 7.39. The third-order valence-corrected chi connectivity index (χ3v) is 4.13. The van der Waals surface area contributed by atoms with E-state index in [0.717, 1.165) is 38.8 Å². The molecule has 0 aliphatic carbocycles. The molecule has 0 amide bonds. The van der Waals surface area contributed by atoms with Crippen LogP contribution < -0.4 is 5.32 Å². The van der Waals surface area contributed by atoms with E-state index in [1.807, 2.05) is 18.2 Å². The highest BCUT2D eigenvalue weighted by atomic mass is 35.5. The second-order valence-electron chi connectivity index (χ2n) is 5.12. The van der Waals surface area contributed by atoms with Crippen molar-refractivity contribution in [2.45, 2.75) is 32.6 Å². The zero-order valence-corrected chi connectivity index (χ0v) is 11.6. The number of Topliss-reactive ketones (excluding diaryl/α,β-unsaturated/α-hetero) is 1. The standard InChI is InChI=1S/C15H20ClNO/c1-2-8-15(9-5-10-17-11-15)14(18)12-6-3-4-7-13(12)16/h3-4,6-7,17H,2,5,8-11H2,1H3. The number of carbonyl (C=O) groups is 1. The number of rotatable bonds is 4. The van der Waals surface area contributed by atoms with Crippen LogP contribution >= 0.6 is 11.6 Å². The molecule has 0 spiro atoms. The van der Waals surface area contributed by atoms with Gasteiger partial charge in [0.05, 0.1) is 5.02 Å². The van der Waals surface area contributed by atoms with Crippen LogP contribution in [0.2, 0.25) is 5.02 Å². The van der Waals surface area contributed by atoms with Gasteiger partial charge in [0.1, 0.15) is 0 Å². The summed E-state index contributed by atoms with van der Waals surface area (Å²) in [6.45, 7) is 3.93. The monoisotopic (exact) mass is 265 g/mol. The van der Waals surface area contributed by atoms with Gasteiger partial charge in [-0.3, -0.25) is 4.79 Å². The molecule has 0 aromatic heterocycles. The first-order chi connectivity index (χ1) is 8.69. The van der Waals surface area contributed by atoms with Crippen molar-refractivity contribution in [2.75, 3.05) is 13.1 Å². The topological polar surface area (TPSA) is 29.1 Å². The van der Waals surface area contributed by atoms with Gasteiger partial charge in [-0.1, -0.05) is 37.1 Å². The zero-order valence-electron chi connectivity index (χ0n) is 10.8. The quantitative estimate of drug-likeness (QED) is 0.842. The van der Waals surface area contributed by atoms with E-state index in [4.69, 9.17) is 11.6 Å². The van der Waals surface area contributed by atoms with Crippen LogP contribution in [0.25, 0.3) is 0 Å². The molecule has 1 aromatic rings. The zero-order chi connectivity index (χ0) is 13.0. The van der Waals surface area contributed by atoms with E-state index in [0.29, 0.717) is 10.6 Å². The van der Waals surface area contributed by atoms with E-state index in [1.54, 1.807) is 6.07 Å². The van der Waals surface area contributed by atoms with Crippen molar-refractivity contribution in [1.82, 2.24) is 5.32 Å². The van der Waals surface area contributed by atoms with E-state index in [9.17, 15) is 4.79 Å². The Bertz CT molecular complexity index is 419. The van der Waals surface area contributed by atoms with E-state index < -0.39 is 0 Å². The maximum Gasteiger partial charge on any atom is 0.171 e. The third kappa shape index (κ3) is 2.60. The summed E-state index contributed by atoms with van der Waals surface area (Å²) in [5.41, 5.74) is 0.425. The largest absolute Gasteiger partial charge is 0.316 e. The minimum absolute atomic E-state index is 0.210. The summed E-state index contributed by atoms with van der Waals surface area (Å²) in [6.07, 6.45) is 4.00. The van der Waals surface area contributed by atoms with Gasteiger partial charge in [-0.05, 0) is 37.9 Å². The van der Waals surface area contributed by atoms with Crippen molar-refractivity contribution in [3.05, 3.63) is 34.9 Å². The lowest BCUT2D eigenvalue weighted by Gasteiger charge is -2.36. The first-order valence-corrected chi connectivity index (χ1v) is 7.07. The average molecular weight is 266 g/mol. The Balaban J connectivity index is 2.31. The summed E-state index contributed by atoms with van der Waals surface area (Å²) in [7, 11) is 0. The van der Waals surface area contributed by atoms with Crippen LogP contribution in [0.15, 0.2) is 24.3 Å². The van der Waals surface area contributed by atoms with E-state index in [2.05, 4.69) is 12.2 Å². The molecule has 18 heavy (non-hydrogen) atoms. The fourth-order valence-electron chi connectivity index (χ4n) is 2.90. The van der Waals surface area contributed by atoms with E-state index in [1.165, 1.54) is 0 Å². The molecule has 0 saturated carbocycles. The summed E-state index contributed by atoms with van der Waals surface area (Å²) >= 11 is 6.16. The summed E-state index contributed by atoms with van der Waals surface area (Å²) in [4.78, 5) is 12.8. The van der Waals surface area contributed by atoms with Gasteiger partial charge in [-0.15, -0.1) is 0 Å². The molecule has 0 radical (unpaired) electrons. The summed E-state index contributed by atoms with van der Waals surface area (Å²) in [5.74, 6) is 0.210. The van der Waals surface area contributed by atoms with Crippen molar-refractivity contribution in [3.63, 3.8) is 0 Å². The fraction of sp³-hybridized carbons (Fsp3) is 0.533. The maximum atomic E-state index is 12.8. The predicted octanol–water partition coefficient (Wildman–Crippen LogP) is 3.69. The van der Waals surface area contributed by atoms with E-state index in [-0.39, 0.29) is 11.2 Å². The number of carbonyl (C=O) groups excluding carboxylic acids is 1. The molecule has 1 aromatic carbocycles. The Morgan fingerprint density at radius 1 is 1.44 bits per heavy atom. The Labute approximate surface area is 114 Å². The fourth-order valence-corrected chi connectivity index (χ4v) is 3.12. The molecule has 1 N–H and O–H groups in total. The smallest absolute Gasteiger partial charge is 0.171 e. The van der Waals surface area contributed by atoms with Crippen LogP contribution in [-0.4, -0.2) is 18.9 Å². The van der Waals surface area contributed by atoms with Crippen LogP contribution in [0, 0.1) is 5.41 Å². The third-order valence-electron chi connectivity index (χ3n) is 3.80. The second kappa shape index (κ2) is 5.85. The van der Waals surface area contributed by atoms with Gasteiger partial charge in [-0.25, -0.2) is 0 Å². The van der Waals surface area contributed by atoms with Gasteiger partial charge in [-0.2, -0.15) is 0 Å². The second-order valence-corrected chi connectivity index (χ2v) is 5.53. The Kier molecular flexibility index (Phi) is 4.41. The number of halogens is 1. The van der Waals surface area contributed by atoms with Crippen molar-refractivity contribution < 1.29 is 4.79 Å². The minimum Gasteiger partial charge on any atom is -0.316 e. The van der Waals surface area contributed by atoms with E-state index >= 15 is 0 Å². The number of hydrogen-bond donors (Lipinski definition) is 1. The Hall–Kier alpha value is -0.860. The van der Waals surface area contributed by atoms with Crippen molar-refractivity contribution in [3.8, 4) is 0 Å². The van der Waals surface area contributed by atoms with Crippen LogP contribution in [-0.2, 0) is 0 Å². The molecule has 1 aliphatic rings. The predicted molar refractivity (Wildman–Crippen MR) is 75.2 cm³/mol. The first kappa shape index (κ1) is 13.6.